The largest absolute Gasteiger partial charge is 0.453 e. The molecule has 0 atom stereocenters. The Balaban J connectivity index is 2.35. The van der Waals surface area contributed by atoms with Crippen molar-refractivity contribution in [2.24, 2.45) is 7.05 Å². The third-order valence-corrected chi connectivity index (χ3v) is 5.18. The fourth-order valence-electron chi connectivity index (χ4n) is 2.25. The van der Waals surface area contributed by atoms with Gasteiger partial charge >= 0.3 is 12.6 Å². The molecule has 0 aliphatic heterocycles. The number of esters is 1. The van der Waals surface area contributed by atoms with Crippen molar-refractivity contribution < 1.29 is 27.8 Å². The van der Waals surface area contributed by atoms with E-state index in [1.54, 1.807) is 0 Å². The molecule has 0 bridgehead atoms. The van der Waals surface area contributed by atoms with Crippen LogP contribution in [0.2, 0.25) is 15.1 Å². The monoisotopic (exact) mass is 486 g/mol. The zero-order chi connectivity index (χ0) is 21.9. The summed E-state index contributed by atoms with van der Waals surface area (Å²) in [6, 6.07) is 2.52. The van der Waals surface area contributed by atoms with E-state index in [-0.39, 0.29) is 48.1 Å². The Hall–Kier alpha value is -1.55. The quantitative estimate of drug-likeness (QED) is 0.482. The molecule has 0 aliphatic rings. The molecule has 0 amide bonds. The first kappa shape index (κ1) is 23.7. The lowest BCUT2D eigenvalue weighted by Crippen LogP contribution is -2.13. The van der Waals surface area contributed by atoms with Crippen LogP contribution in [0.15, 0.2) is 12.1 Å². The van der Waals surface area contributed by atoms with Crippen LogP contribution in [0.3, 0.4) is 0 Å². The number of nitrogens with zero attached hydrogens (tertiary/aromatic N) is 2. The minimum Gasteiger partial charge on any atom is -0.453 e. The van der Waals surface area contributed by atoms with E-state index in [0.29, 0.717) is 0 Å². The second kappa shape index (κ2) is 9.97. The molecule has 0 saturated heterocycles. The lowest BCUT2D eigenvalue weighted by atomic mass is 10.1. The Morgan fingerprint density at radius 1 is 1.21 bits per heavy atom. The fraction of sp³-hybridized carbons (Fsp3) is 0.353. The van der Waals surface area contributed by atoms with Crippen LogP contribution in [0.4, 0.5) is 8.78 Å². The molecular formula is C17H15Cl3F2N2O4S. The molecule has 0 saturated carbocycles. The molecule has 0 fully saturated rings. The van der Waals surface area contributed by atoms with Gasteiger partial charge in [-0.1, -0.05) is 60.4 Å². The number of hydrogen-bond acceptors (Lipinski definition) is 6. The van der Waals surface area contributed by atoms with Gasteiger partial charge in [-0.3, -0.25) is 4.79 Å². The lowest BCUT2D eigenvalue weighted by Gasteiger charge is -2.10. The molecule has 2 rings (SSSR count). The van der Waals surface area contributed by atoms with Crippen molar-refractivity contribution in [3.8, 4) is 17.1 Å². The van der Waals surface area contributed by atoms with Crippen molar-refractivity contribution in [3.63, 3.8) is 0 Å². The van der Waals surface area contributed by atoms with Gasteiger partial charge in [0.05, 0.1) is 15.6 Å². The molecule has 1 aromatic carbocycles. The first-order chi connectivity index (χ1) is 13.5. The number of benzene rings is 1. The molecule has 6 nitrogen and oxygen atoms in total. The Bertz CT molecular complexity index is 938. The van der Waals surface area contributed by atoms with Crippen LogP contribution in [0.5, 0.6) is 5.88 Å². The number of carbonyl (C=O) groups excluding carboxylic acids is 2. The van der Waals surface area contributed by atoms with E-state index in [1.807, 2.05) is 13.8 Å². The molecule has 0 unspecified atom stereocenters. The molecule has 0 N–H and O–H groups in total. The summed E-state index contributed by atoms with van der Waals surface area (Å²) in [5.41, 5.74) is 0.0639. The van der Waals surface area contributed by atoms with Gasteiger partial charge < -0.3 is 9.47 Å². The van der Waals surface area contributed by atoms with Crippen molar-refractivity contribution in [1.82, 2.24) is 9.78 Å². The van der Waals surface area contributed by atoms with E-state index in [2.05, 4.69) is 9.84 Å². The normalized spacial score (nSPS) is 11.2. The molecule has 1 aromatic heterocycles. The summed E-state index contributed by atoms with van der Waals surface area (Å²) in [6.45, 7) is 0.111. The number of carbonyl (C=O) groups is 2. The molecule has 0 spiro atoms. The summed E-state index contributed by atoms with van der Waals surface area (Å²) in [6.07, 6.45) is 0. The summed E-state index contributed by atoms with van der Waals surface area (Å²) < 4.78 is 35.5. The number of hydrogen-bond donors (Lipinski definition) is 0. The fourth-order valence-corrected chi connectivity index (χ4v) is 3.76. The van der Waals surface area contributed by atoms with Crippen molar-refractivity contribution >= 4 is 57.6 Å². The highest BCUT2D eigenvalue weighted by molar-refractivity contribution is 8.14. The maximum absolute atomic E-state index is 12.6. The van der Waals surface area contributed by atoms with E-state index < -0.39 is 19.2 Å². The van der Waals surface area contributed by atoms with E-state index >= 15 is 0 Å². The van der Waals surface area contributed by atoms with Crippen molar-refractivity contribution in [3.05, 3.63) is 32.8 Å². The van der Waals surface area contributed by atoms with Gasteiger partial charge in [0.15, 0.2) is 6.61 Å². The molecule has 158 valence electrons. The van der Waals surface area contributed by atoms with Crippen LogP contribution in [-0.2, 0) is 16.6 Å². The van der Waals surface area contributed by atoms with E-state index in [1.165, 1.54) is 19.2 Å². The van der Waals surface area contributed by atoms with E-state index in [9.17, 15) is 18.4 Å². The maximum atomic E-state index is 12.6. The number of halogens is 5. The van der Waals surface area contributed by atoms with E-state index in [4.69, 9.17) is 39.5 Å². The molecule has 29 heavy (non-hydrogen) atoms. The standard InChI is InChI=1S/C17H15Cl3F2N2O4S/c1-7(2)29-12(25)6-27-16(26)9-4-8(10(18)5-11(9)19)14-13(20)15(24(3)23-14)28-17(21)22/h4-5,7,17H,6H2,1-3H3. The average Bonchev–Trinajstić information content (AvgIpc) is 2.87. The number of alkyl halides is 2. The summed E-state index contributed by atoms with van der Waals surface area (Å²) in [4.78, 5) is 24.1. The predicted molar refractivity (Wildman–Crippen MR) is 108 cm³/mol. The van der Waals surface area contributed by atoms with Gasteiger partial charge in [-0.2, -0.15) is 13.9 Å². The van der Waals surface area contributed by atoms with Crippen LogP contribution in [0, 0.1) is 0 Å². The van der Waals surface area contributed by atoms with Crippen LogP contribution < -0.4 is 4.74 Å². The third-order valence-electron chi connectivity index (χ3n) is 3.36. The van der Waals surface area contributed by atoms with Gasteiger partial charge in [-0.15, -0.1) is 0 Å². The maximum Gasteiger partial charge on any atom is 0.388 e. The minimum absolute atomic E-state index is 0.00646. The Kier molecular flexibility index (Phi) is 8.16. The van der Waals surface area contributed by atoms with Gasteiger partial charge in [0.25, 0.3) is 0 Å². The highest BCUT2D eigenvalue weighted by Gasteiger charge is 2.24. The zero-order valence-electron chi connectivity index (χ0n) is 15.3. The number of ether oxygens (including phenoxy) is 2. The zero-order valence-corrected chi connectivity index (χ0v) is 18.4. The van der Waals surface area contributed by atoms with Crippen molar-refractivity contribution in [2.45, 2.75) is 25.7 Å². The molecule has 1 heterocycles. The highest BCUT2D eigenvalue weighted by atomic mass is 35.5. The molecule has 0 radical (unpaired) electrons. The van der Waals surface area contributed by atoms with Gasteiger partial charge in [-0.25, -0.2) is 9.48 Å². The van der Waals surface area contributed by atoms with Gasteiger partial charge in [-0.05, 0) is 12.1 Å². The Morgan fingerprint density at radius 2 is 1.86 bits per heavy atom. The van der Waals surface area contributed by atoms with Gasteiger partial charge in [0.1, 0.15) is 10.7 Å². The predicted octanol–water partition coefficient (Wildman–Crippen LogP) is 5.47. The average molecular weight is 488 g/mol. The van der Waals surface area contributed by atoms with E-state index in [0.717, 1.165) is 16.4 Å². The van der Waals surface area contributed by atoms with Crippen LogP contribution in [0.25, 0.3) is 11.3 Å². The first-order valence-electron chi connectivity index (χ1n) is 8.04. The molecule has 2 aromatic rings. The molecule has 12 heteroatoms. The third kappa shape index (κ3) is 5.97. The highest BCUT2D eigenvalue weighted by Crippen LogP contribution is 2.40. The van der Waals surface area contributed by atoms with Gasteiger partial charge in [0, 0.05) is 17.9 Å². The lowest BCUT2D eigenvalue weighted by molar-refractivity contribution is -0.113. The number of aryl methyl sites for hydroxylation is 1. The SMILES string of the molecule is CC(C)SC(=O)COC(=O)c1cc(-c2nn(C)c(OC(F)F)c2Cl)c(Cl)cc1Cl. The van der Waals surface area contributed by atoms with Crippen molar-refractivity contribution in [1.29, 1.82) is 0 Å². The number of aromatic nitrogens is 2. The Labute approximate surface area is 184 Å². The van der Waals surface area contributed by atoms with Crippen LogP contribution in [0.1, 0.15) is 24.2 Å². The van der Waals surface area contributed by atoms with Crippen molar-refractivity contribution in [2.75, 3.05) is 6.61 Å². The van der Waals surface area contributed by atoms with Crippen LogP contribution in [-0.4, -0.2) is 39.3 Å². The topological polar surface area (TPSA) is 70.4 Å². The second-order valence-corrected chi connectivity index (χ2v) is 8.72. The number of thioether (sulfide) groups is 1. The Morgan fingerprint density at radius 3 is 2.45 bits per heavy atom. The van der Waals surface area contributed by atoms with Gasteiger partial charge in [0.2, 0.25) is 11.0 Å². The summed E-state index contributed by atoms with van der Waals surface area (Å²) in [7, 11) is 1.35. The summed E-state index contributed by atoms with van der Waals surface area (Å²) in [5, 5.41) is 3.57. The first-order valence-corrected chi connectivity index (χ1v) is 10.1. The second-order valence-electron chi connectivity index (χ2n) is 5.90. The molecular weight excluding hydrogens is 473 g/mol. The minimum atomic E-state index is -3.11. The number of rotatable bonds is 7. The smallest absolute Gasteiger partial charge is 0.388 e. The van der Waals surface area contributed by atoms with Crippen LogP contribution >= 0.6 is 46.6 Å². The molecule has 0 aliphatic carbocycles. The summed E-state index contributed by atoms with van der Waals surface area (Å²) >= 11 is 19.4. The summed E-state index contributed by atoms with van der Waals surface area (Å²) in [5.74, 6) is -1.23.